The highest BCUT2D eigenvalue weighted by atomic mass is 15.2. The van der Waals surface area contributed by atoms with Crippen LogP contribution in [0.25, 0.3) is 126 Å². The van der Waals surface area contributed by atoms with Gasteiger partial charge >= 0.3 is 0 Å². The van der Waals surface area contributed by atoms with Gasteiger partial charge in [0.25, 0.3) is 6.71 Å². The lowest BCUT2D eigenvalue weighted by Gasteiger charge is -2.46. The predicted molar refractivity (Wildman–Crippen MR) is 402 cm³/mol. The van der Waals surface area contributed by atoms with Gasteiger partial charge in [-0.2, -0.15) is 0 Å². The maximum absolute atomic E-state index is 2.70. The van der Waals surface area contributed by atoms with Gasteiger partial charge in [0.05, 0.1) is 22.4 Å². The number of anilines is 6. The van der Waals surface area contributed by atoms with Crippen LogP contribution in [0.3, 0.4) is 0 Å². The second-order valence-electron chi connectivity index (χ2n) is 26.6. The molecule has 2 aliphatic heterocycles. The standard InChI is InChI=1S/C90H62BN3/c1-90(2,3)63-54-83-87-84(55-63)94(89-68(59-29-12-6-13-30-59)39-23-40-69(89)60-31-14-7-15-32-60)82-56-64(92-79-45-18-16-35-70(79)71-36-17-19-46-80(71)92)48-52-78(82)91(87)77-51-47-62(65-49-50-76-74-42-21-34-61-33-20-41-73(85(61)74)75-44-24-43-72(65)86(75)76)53-81(77)93(83)88-66(57-25-8-4-9-26-57)37-22-38-67(88)58-27-10-5-11-28-58/h4-56H,1-3H3. The van der Waals surface area contributed by atoms with Crippen molar-refractivity contribution in [2.24, 2.45) is 0 Å². The first-order chi connectivity index (χ1) is 46.3. The summed E-state index contributed by atoms with van der Waals surface area (Å²) in [6.45, 7) is 6.96. The van der Waals surface area contributed by atoms with Crippen LogP contribution < -0.4 is 26.2 Å². The Hall–Kier alpha value is -11.7. The zero-order valence-electron chi connectivity index (χ0n) is 52.5. The summed E-state index contributed by atoms with van der Waals surface area (Å²) in [5.74, 6) is 0. The first-order valence-corrected chi connectivity index (χ1v) is 32.9. The molecule has 19 rings (SSSR count). The minimum absolute atomic E-state index is 0.195. The highest BCUT2D eigenvalue weighted by Gasteiger charge is 2.46. The average Bonchev–Trinajstić information content (AvgIpc) is 0.757. The molecule has 16 aromatic carbocycles. The SMILES string of the molecule is CC(C)(C)c1cc2c3c(c1)N(c1c(-c4ccccc4)cccc1-c1ccccc1)c1cc(-n4c5ccccc5c5ccccc54)ccc1B3c1ccc(-c3ccc4c5cccc6cccc(c7cccc3c74)c65)cc1N2c1c(-c2ccccc2)cccc1-c1ccccc1. The number of hydrogen-bond donors (Lipinski definition) is 0. The third kappa shape index (κ3) is 8.12. The van der Waals surface area contributed by atoms with Crippen LogP contribution in [-0.2, 0) is 5.41 Å². The van der Waals surface area contributed by atoms with E-state index in [1.54, 1.807) is 0 Å². The van der Waals surface area contributed by atoms with Crippen LogP contribution in [0.5, 0.6) is 0 Å². The number of nitrogens with zero attached hydrogens (tertiary/aromatic N) is 3. The molecule has 94 heavy (non-hydrogen) atoms. The Labute approximate surface area is 547 Å². The topological polar surface area (TPSA) is 11.4 Å². The minimum atomic E-state index is -0.291. The molecule has 4 heteroatoms. The van der Waals surface area contributed by atoms with Crippen molar-refractivity contribution in [1.82, 2.24) is 4.57 Å². The van der Waals surface area contributed by atoms with Gasteiger partial charge in [-0.1, -0.05) is 300 Å². The van der Waals surface area contributed by atoms with E-state index in [-0.39, 0.29) is 12.1 Å². The number of fused-ring (bicyclic) bond motifs is 9. The van der Waals surface area contributed by atoms with E-state index in [2.05, 4.69) is 357 Å². The van der Waals surface area contributed by atoms with Gasteiger partial charge in [0.1, 0.15) is 0 Å². The Morgan fingerprint density at radius 3 is 1.18 bits per heavy atom. The summed E-state index contributed by atoms with van der Waals surface area (Å²) >= 11 is 0. The lowest BCUT2D eigenvalue weighted by atomic mass is 9.33. The maximum Gasteiger partial charge on any atom is 0.252 e. The summed E-state index contributed by atoms with van der Waals surface area (Å²) in [4.78, 5) is 5.39. The molecule has 3 nitrogen and oxygen atoms in total. The highest BCUT2D eigenvalue weighted by molar-refractivity contribution is 7.00. The Morgan fingerprint density at radius 1 is 0.277 bits per heavy atom. The summed E-state index contributed by atoms with van der Waals surface area (Å²) < 4.78 is 2.49. The van der Waals surface area contributed by atoms with Gasteiger partial charge in [-0.15, -0.1) is 0 Å². The molecule has 0 radical (unpaired) electrons. The van der Waals surface area contributed by atoms with Crippen molar-refractivity contribution in [3.8, 4) is 61.3 Å². The summed E-state index contributed by atoms with van der Waals surface area (Å²) in [6.07, 6.45) is 0. The molecule has 0 spiro atoms. The number of rotatable bonds is 8. The van der Waals surface area contributed by atoms with Crippen LogP contribution in [-0.4, -0.2) is 11.3 Å². The Balaban J connectivity index is 0.967. The molecule has 1 aromatic heterocycles. The molecule has 0 unspecified atom stereocenters. The van der Waals surface area contributed by atoms with E-state index >= 15 is 0 Å². The van der Waals surface area contributed by atoms with Crippen molar-refractivity contribution in [2.45, 2.75) is 26.2 Å². The zero-order valence-corrected chi connectivity index (χ0v) is 52.5. The molecule has 0 N–H and O–H groups in total. The fourth-order valence-corrected chi connectivity index (χ4v) is 16.3. The quantitative estimate of drug-likeness (QED) is 0.0853. The van der Waals surface area contributed by atoms with Crippen LogP contribution >= 0.6 is 0 Å². The van der Waals surface area contributed by atoms with Crippen molar-refractivity contribution in [1.29, 1.82) is 0 Å². The largest absolute Gasteiger partial charge is 0.310 e. The summed E-state index contributed by atoms with van der Waals surface area (Å²) in [5.41, 5.74) is 26.7. The predicted octanol–water partition coefficient (Wildman–Crippen LogP) is 22.5. The van der Waals surface area contributed by atoms with Gasteiger partial charge in [-0.05, 0) is 146 Å². The van der Waals surface area contributed by atoms with Crippen LogP contribution in [0.15, 0.2) is 322 Å². The highest BCUT2D eigenvalue weighted by Crippen LogP contribution is 2.55. The molecule has 0 atom stereocenters. The lowest BCUT2D eigenvalue weighted by Crippen LogP contribution is -2.61. The molecule has 0 amide bonds. The molecule has 0 saturated heterocycles. The molecular weight excluding hydrogens is 1130 g/mol. The second kappa shape index (κ2) is 20.9. The third-order valence-electron chi connectivity index (χ3n) is 20.5. The fraction of sp³-hybridized carbons (Fsp3) is 0.0444. The number of benzene rings is 16. The summed E-state index contributed by atoms with van der Waals surface area (Å²) in [6, 6.07) is 121. The van der Waals surface area contributed by atoms with Gasteiger partial charge in [-0.25, -0.2) is 0 Å². The van der Waals surface area contributed by atoms with Crippen molar-refractivity contribution in [3.63, 3.8) is 0 Å². The van der Waals surface area contributed by atoms with Crippen molar-refractivity contribution in [2.75, 3.05) is 9.80 Å². The van der Waals surface area contributed by atoms with Crippen LogP contribution in [0.4, 0.5) is 34.1 Å². The maximum atomic E-state index is 2.70. The Bertz CT molecular complexity index is 5690. The van der Waals surface area contributed by atoms with Crippen molar-refractivity contribution >= 4 is 122 Å². The van der Waals surface area contributed by atoms with Gasteiger partial charge < -0.3 is 14.4 Å². The molecule has 2 aliphatic rings. The van der Waals surface area contributed by atoms with Gasteiger partial charge in [0.2, 0.25) is 0 Å². The molecule has 0 aliphatic carbocycles. The van der Waals surface area contributed by atoms with E-state index in [4.69, 9.17) is 0 Å². The molecule has 440 valence electrons. The molecule has 0 bridgehead atoms. The zero-order chi connectivity index (χ0) is 62.3. The Kier molecular flexibility index (Phi) is 12.0. The van der Waals surface area contributed by atoms with E-state index < -0.39 is 0 Å². The van der Waals surface area contributed by atoms with Gasteiger partial charge in [-0.3, -0.25) is 0 Å². The molecule has 0 fully saturated rings. The van der Waals surface area contributed by atoms with Gasteiger partial charge in [0.15, 0.2) is 0 Å². The third-order valence-corrected chi connectivity index (χ3v) is 20.5. The molecule has 0 saturated carbocycles. The van der Waals surface area contributed by atoms with Crippen LogP contribution in [0.2, 0.25) is 0 Å². The van der Waals surface area contributed by atoms with E-state index in [1.807, 2.05) is 0 Å². The van der Waals surface area contributed by atoms with E-state index in [0.29, 0.717) is 0 Å². The monoisotopic (exact) mass is 1200 g/mol. The molecule has 17 aromatic rings. The van der Waals surface area contributed by atoms with E-state index in [9.17, 15) is 0 Å². The second-order valence-corrected chi connectivity index (χ2v) is 26.6. The van der Waals surface area contributed by atoms with E-state index in [1.165, 1.54) is 104 Å². The summed E-state index contributed by atoms with van der Waals surface area (Å²) in [7, 11) is 0. The lowest BCUT2D eigenvalue weighted by molar-refractivity contribution is 0.590. The minimum Gasteiger partial charge on any atom is -0.310 e. The first kappa shape index (κ1) is 54.1. The Morgan fingerprint density at radius 2 is 0.681 bits per heavy atom. The fourth-order valence-electron chi connectivity index (χ4n) is 16.3. The smallest absolute Gasteiger partial charge is 0.252 e. The normalized spacial score (nSPS) is 12.8. The van der Waals surface area contributed by atoms with Crippen LogP contribution in [0, 0.1) is 0 Å². The number of hydrogen-bond acceptors (Lipinski definition) is 2. The summed E-state index contributed by atoms with van der Waals surface area (Å²) in [5, 5.41) is 12.8. The average molecular weight is 1200 g/mol. The number of aromatic nitrogens is 1. The van der Waals surface area contributed by atoms with Crippen molar-refractivity contribution < 1.29 is 0 Å². The van der Waals surface area contributed by atoms with Crippen molar-refractivity contribution in [3.05, 3.63) is 327 Å². The van der Waals surface area contributed by atoms with Gasteiger partial charge in [0, 0.05) is 61.5 Å². The number of para-hydroxylation sites is 4. The molecular formula is C90H62BN3. The van der Waals surface area contributed by atoms with Crippen LogP contribution in [0.1, 0.15) is 26.3 Å². The first-order valence-electron chi connectivity index (χ1n) is 32.9. The van der Waals surface area contributed by atoms with E-state index in [0.717, 1.165) is 78.6 Å². The molecule has 3 heterocycles.